The van der Waals surface area contributed by atoms with Crippen molar-refractivity contribution in [1.82, 2.24) is 19.9 Å². The molecule has 1 fully saturated rings. The third-order valence-electron chi connectivity index (χ3n) is 5.54. The monoisotopic (exact) mass is 382 g/mol. The molecule has 1 N–H and O–H groups in total. The lowest BCUT2D eigenvalue weighted by Crippen LogP contribution is -2.46. The molecule has 1 aliphatic rings. The molecule has 0 saturated heterocycles. The molecule has 0 aliphatic heterocycles. The van der Waals surface area contributed by atoms with Crippen LogP contribution in [-0.2, 0) is 16.6 Å². The Kier molecular flexibility index (Phi) is 5.12. The third kappa shape index (κ3) is 3.56. The molecule has 140 valence electrons. The fourth-order valence-corrected chi connectivity index (χ4v) is 4.30. The summed E-state index contributed by atoms with van der Waals surface area (Å²) in [6.07, 6.45) is 7.63. The molecule has 1 saturated carbocycles. The number of carbonyl (C=O) groups excluding carboxylic acids is 1. The fraction of sp³-hybridized carbons (Fsp3) is 0.381. The molecule has 4 rings (SSSR count). The van der Waals surface area contributed by atoms with Gasteiger partial charge in [-0.05, 0) is 42.7 Å². The number of nitrogens with one attached hydrogen (secondary N) is 1. The van der Waals surface area contributed by atoms with E-state index in [2.05, 4.69) is 15.5 Å². The molecule has 0 atom stereocenters. The molecule has 1 aromatic carbocycles. The van der Waals surface area contributed by atoms with Crippen molar-refractivity contribution in [2.24, 2.45) is 0 Å². The minimum Gasteiger partial charge on any atom is -0.355 e. The van der Waals surface area contributed by atoms with Crippen LogP contribution in [-0.4, -0.2) is 27.0 Å². The van der Waals surface area contributed by atoms with Gasteiger partial charge in [0.1, 0.15) is 5.82 Å². The number of amides is 1. The van der Waals surface area contributed by atoms with Gasteiger partial charge in [-0.15, -0.1) is 10.2 Å². The summed E-state index contributed by atoms with van der Waals surface area (Å²) >= 11 is 6.21. The molecular weight excluding hydrogens is 360 g/mol. The van der Waals surface area contributed by atoms with Gasteiger partial charge in [0.25, 0.3) is 0 Å². The topological polar surface area (TPSA) is 59.3 Å². The van der Waals surface area contributed by atoms with E-state index in [0.29, 0.717) is 18.0 Å². The number of halogens is 1. The quantitative estimate of drug-likeness (QED) is 0.727. The molecular formula is C21H23ClN4O. The minimum absolute atomic E-state index is 0.0956. The van der Waals surface area contributed by atoms with Crippen LogP contribution in [0.25, 0.3) is 5.65 Å². The molecule has 0 spiro atoms. The summed E-state index contributed by atoms with van der Waals surface area (Å²) in [5.41, 5.74) is 1.37. The van der Waals surface area contributed by atoms with E-state index in [-0.39, 0.29) is 5.91 Å². The van der Waals surface area contributed by atoms with Gasteiger partial charge in [-0.1, -0.05) is 49.1 Å². The molecule has 2 heterocycles. The van der Waals surface area contributed by atoms with Crippen LogP contribution in [0.1, 0.15) is 43.5 Å². The molecule has 3 aromatic rings. The summed E-state index contributed by atoms with van der Waals surface area (Å²) < 4.78 is 1.96. The molecule has 2 aromatic heterocycles. The smallest absolute Gasteiger partial charge is 0.230 e. The summed E-state index contributed by atoms with van der Waals surface area (Å²) in [7, 11) is 0. The van der Waals surface area contributed by atoms with Crippen LogP contribution < -0.4 is 5.32 Å². The van der Waals surface area contributed by atoms with Gasteiger partial charge in [-0.3, -0.25) is 9.20 Å². The van der Waals surface area contributed by atoms with E-state index in [0.717, 1.165) is 42.7 Å². The van der Waals surface area contributed by atoms with E-state index in [9.17, 15) is 4.79 Å². The second-order valence-corrected chi connectivity index (χ2v) is 7.64. The lowest BCUT2D eigenvalue weighted by atomic mass is 9.68. The Labute approximate surface area is 163 Å². The van der Waals surface area contributed by atoms with Crippen molar-refractivity contribution in [2.45, 2.75) is 43.9 Å². The van der Waals surface area contributed by atoms with Crippen molar-refractivity contribution in [3.8, 4) is 0 Å². The van der Waals surface area contributed by atoms with E-state index in [1.165, 1.54) is 6.42 Å². The molecule has 0 bridgehead atoms. The maximum atomic E-state index is 13.2. The third-order valence-corrected chi connectivity index (χ3v) is 5.77. The SMILES string of the molecule is O=C(NCCc1nnc2ccccn12)C1(c2cccc(Cl)c2)CCCCC1. The fourth-order valence-electron chi connectivity index (χ4n) is 4.11. The van der Waals surface area contributed by atoms with Crippen molar-refractivity contribution >= 4 is 23.2 Å². The molecule has 27 heavy (non-hydrogen) atoms. The zero-order chi connectivity index (χ0) is 18.7. The van der Waals surface area contributed by atoms with E-state index < -0.39 is 5.41 Å². The van der Waals surface area contributed by atoms with E-state index in [4.69, 9.17) is 11.6 Å². The first-order valence-corrected chi connectivity index (χ1v) is 9.90. The van der Waals surface area contributed by atoms with Gasteiger partial charge in [0.15, 0.2) is 5.65 Å². The van der Waals surface area contributed by atoms with Crippen LogP contribution in [0.2, 0.25) is 5.02 Å². The van der Waals surface area contributed by atoms with Gasteiger partial charge >= 0.3 is 0 Å². The summed E-state index contributed by atoms with van der Waals surface area (Å²) in [5, 5.41) is 12.2. The normalized spacial score (nSPS) is 16.3. The molecule has 0 radical (unpaired) electrons. The van der Waals surface area contributed by atoms with Crippen LogP contribution in [0.4, 0.5) is 0 Å². The predicted molar refractivity (Wildman–Crippen MR) is 106 cm³/mol. The van der Waals surface area contributed by atoms with Crippen molar-refractivity contribution in [3.05, 3.63) is 65.1 Å². The number of benzene rings is 1. The number of carbonyl (C=O) groups is 1. The molecule has 5 nitrogen and oxygen atoms in total. The Morgan fingerprint density at radius 3 is 2.78 bits per heavy atom. The van der Waals surface area contributed by atoms with Gasteiger partial charge < -0.3 is 5.32 Å². The Balaban J connectivity index is 1.49. The van der Waals surface area contributed by atoms with E-state index in [1.54, 1.807) is 0 Å². The summed E-state index contributed by atoms with van der Waals surface area (Å²) in [5.74, 6) is 0.949. The average molecular weight is 383 g/mol. The molecule has 1 aliphatic carbocycles. The van der Waals surface area contributed by atoms with Gasteiger partial charge in [-0.2, -0.15) is 0 Å². The van der Waals surface area contributed by atoms with Crippen molar-refractivity contribution in [2.75, 3.05) is 6.54 Å². The van der Waals surface area contributed by atoms with Crippen LogP contribution in [0.5, 0.6) is 0 Å². The lowest BCUT2D eigenvalue weighted by molar-refractivity contribution is -0.128. The van der Waals surface area contributed by atoms with E-state index >= 15 is 0 Å². The Bertz CT molecular complexity index is 946. The minimum atomic E-state index is -0.476. The largest absolute Gasteiger partial charge is 0.355 e. The highest BCUT2D eigenvalue weighted by molar-refractivity contribution is 6.30. The second-order valence-electron chi connectivity index (χ2n) is 7.20. The average Bonchev–Trinajstić information content (AvgIpc) is 3.12. The maximum absolute atomic E-state index is 13.2. The van der Waals surface area contributed by atoms with Gasteiger partial charge in [0, 0.05) is 24.2 Å². The summed E-state index contributed by atoms with van der Waals surface area (Å²) in [6, 6.07) is 13.6. The van der Waals surface area contributed by atoms with Gasteiger partial charge in [-0.25, -0.2) is 0 Å². The number of hydrogen-bond donors (Lipinski definition) is 1. The maximum Gasteiger partial charge on any atom is 0.230 e. The number of fused-ring (bicyclic) bond motifs is 1. The standard InChI is InChI=1S/C21H23ClN4O/c22-17-8-6-7-16(15-17)21(11-3-1-4-12-21)20(27)23-13-10-19-25-24-18-9-2-5-14-26(18)19/h2,5-9,14-15H,1,3-4,10-13H2,(H,23,27). The summed E-state index contributed by atoms with van der Waals surface area (Å²) in [4.78, 5) is 13.2. The van der Waals surface area contributed by atoms with Crippen LogP contribution in [0.3, 0.4) is 0 Å². The van der Waals surface area contributed by atoms with E-state index in [1.807, 2.05) is 53.1 Å². The van der Waals surface area contributed by atoms with Crippen molar-refractivity contribution in [3.63, 3.8) is 0 Å². The molecule has 1 amide bonds. The number of hydrogen-bond acceptors (Lipinski definition) is 3. The number of pyridine rings is 1. The molecule has 6 heteroatoms. The highest BCUT2D eigenvalue weighted by Crippen LogP contribution is 2.40. The van der Waals surface area contributed by atoms with Gasteiger partial charge in [0.2, 0.25) is 5.91 Å². The highest BCUT2D eigenvalue weighted by atomic mass is 35.5. The predicted octanol–water partition coefficient (Wildman–Crippen LogP) is 3.94. The Morgan fingerprint density at radius 1 is 1.11 bits per heavy atom. The zero-order valence-electron chi connectivity index (χ0n) is 15.2. The van der Waals surface area contributed by atoms with Crippen molar-refractivity contribution < 1.29 is 4.79 Å². The van der Waals surface area contributed by atoms with Crippen LogP contribution >= 0.6 is 11.6 Å². The Hall–Kier alpha value is -2.40. The number of aromatic nitrogens is 3. The molecule has 0 unspecified atom stereocenters. The van der Waals surface area contributed by atoms with Crippen LogP contribution in [0, 0.1) is 0 Å². The first kappa shape index (κ1) is 18.0. The highest BCUT2D eigenvalue weighted by Gasteiger charge is 2.40. The number of nitrogens with zero attached hydrogens (tertiary/aromatic N) is 3. The Morgan fingerprint density at radius 2 is 1.96 bits per heavy atom. The van der Waals surface area contributed by atoms with Crippen LogP contribution in [0.15, 0.2) is 48.7 Å². The van der Waals surface area contributed by atoms with Gasteiger partial charge in [0.05, 0.1) is 5.41 Å². The number of rotatable bonds is 5. The lowest BCUT2D eigenvalue weighted by Gasteiger charge is -2.36. The first-order valence-electron chi connectivity index (χ1n) is 9.52. The van der Waals surface area contributed by atoms with Crippen molar-refractivity contribution in [1.29, 1.82) is 0 Å². The zero-order valence-corrected chi connectivity index (χ0v) is 16.0. The summed E-state index contributed by atoms with van der Waals surface area (Å²) in [6.45, 7) is 0.539. The first-order chi connectivity index (χ1) is 13.2. The second kappa shape index (κ2) is 7.69.